The van der Waals surface area contributed by atoms with Crippen LogP contribution in [0.2, 0.25) is 0 Å². The van der Waals surface area contributed by atoms with Crippen LogP contribution in [0.5, 0.6) is 0 Å². The van der Waals surface area contributed by atoms with E-state index in [1.54, 1.807) is 23.5 Å². The minimum Gasteiger partial charge on any atom is -0.463 e. The molecule has 0 saturated carbocycles. The highest BCUT2D eigenvalue weighted by Crippen LogP contribution is 2.35. The van der Waals surface area contributed by atoms with Gasteiger partial charge in [0.15, 0.2) is 0 Å². The molecule has 0 aromatic rings. The van der Waals surface area contributed by atoms with Crippen LogP contribution in [0.4, 0.5) is 0 Å². The summed E-state index contributed by atoms with van der Waals surface area (Å²) in [6.07, 6.45) is 0.0473. The average Bonchev–Trinajstić information content (AvgIpc) is 2.39. The number of rotatable bonds is 7. The summed E-state index contributed by atoms with van der Waals surface area (Å²) >= 11 is 3.48. The maximum atomic E-state index is 11.4. The summed E-state index contributed by atoms with van der Waals surface area (Å²) in [7, 11) is 0. The van der Waals surface area contributed by atoms with Crippen LogP contribution in [0.3, 0.4) is 0 Å². The van der Waals surface area contributed by atoms with Crippen LogP contribution in [-0.4, -0.2) is 52.9 Å². The van der Waals surface area contributed by atoms with E-state index in [4.69, 9.17) is 14.2 Å². The van der Waals surface area contributed by atoms with E-state index in [1.165, 1.54) is 13.8 Å². The normalized spacial score (nSPS) is 29.0. The van der Waals surface area contributed by atoms with Crippen molar-refractivity contribution < 1.29 is 23.8 Å². The highest BCUT2D eigenvalue weighted by atomic mass is 32.2. The summed E-state index contributed by atoms with van der Waals surface area (Å²) < 4.78 is 16.5. The quantitative estimate of drug-likeness (QED) is 0.662. The molecule has 0 aromatic carbocycles. The number of carbonyl (C=O) groups is 2. The Balaban J connectivity index is 2.81. The van der Waals surface area contributed by atoms with Gasteiger partial charge in [0, 0.05) is 19.1 Å². The highest BCUT2D eigenvalue weighted by molar-refractivity contribution is 8.00. The Morgan fingerprint density at radius 2 is 1.81 bits per heavy atom. The van der Waals surface area contributed by atoms with Crippen LogP contribution < -0.4 is 0 Å². The van der Waals surface area contributed by atoms with Gasteiger partial charge in [-0.1, -0.05) is 13.8 Å². The van der Waals surface area contributed by atoms with Crippen molar-refractivity contribution in [2.45, 2.75) is 57.0 Å². The van der Waals surface area contributed by atoms with Gasteiger partial charge in [0.05, 0.1) is 0 Å². The van der Waals surface area contributed by atoms with E-state index in [1.807, 2.05) is 0 Å². The third-order valence-electron chi connectivity index (χ3n) is 2.97. The first-order chi connectivity index (χ1) is 9.97. The first-order valence-corrected chi connectivity index (χ1v) is 9.26. The van der Waals surface area contributed by atoms with Crippen LogP contribution in [0.15, 0.2) is 0 Å². The van der Waals surface area contributed by atoms with Crippen LogP contribution in [0.1, 0.15) is 34.1 Å². The highest BCUT2D eigenvalue weighted by Gasteiger charge is 2.41. The Labute approximate surface area is 134 Å². The van der Waals surface area contributed by atoms with Crippen molar-refractivity contribution in [3.63, 3.8) is 0 Å². The third kappa shape index (κ3) is 6.48. The maximum absolute atomic E-state index is 11.4. The van der Waals surface area contributed by atoms with E-state index >= 15 is 0 Å². The summed E-state index contributed by atoms with van der Waals surface area (Å²) in [5, 5.41) is 0.164. The van der Waals surface area contributed by atoms with Gasteiger partial charge in [0.1, 0.15) is 24.3 Å². The van der Waals surface area contributed by atoms with Crippen LogP contribution in [0, 0.1) is 0 Å². The van der Waals surface area contributed by atoms with Crippen molar-refractivity contribution in [2.75, 3.05) is 18.1 Å². The molecule has 0 spiro atoms. The summed E-state index contributed by atoms with van der Waals surface area (Å²) in [4.78, 5) is 22.4. The minimum absolute atomic E-state index is 0.0476. The van der Waals surface area contributed by atoms with E-state index in [-0.39, 0.29) is 35.3 Å². The van der Waals surface area contributed by atoms with E-state index in [2.05, 4.69) is 13.8 Å². The lowest BCUT2D eigenvalue weighted by Crippen LogP contribution is -2.50. The molecule has 1 rings (SSSR count). The molecule has 122 valence electrons. The van der Waals surface area contributed by atoms with Gasteiger partial charge in [0.2, 0.25) is 0 Å². The second kappa shape index (κ2) is 9.58. The maximum Gasteiger partial charge on any atom is 0.303 e. The van der Waals surface area contributed by atoms with Crippen molar-refractivity contribution in [2.24, 2.45) is 0 Å². The summed E-state index contributed by atoms with van der Waals surface area (Å²) in [6.45, 7) is 7.03. The molecule has 7 heteroatoms. The van der Waals surface area contributed by atoms with Gasteiger partial charge < -0.3 is 14.2 Å². The zero-order valence-corrected chi connectivity index (χ0v) is 14.6. The monoisotopic (exact) mass is 336 g/mol. The average molecular weight is 336 g/mol. The minimum atomic E-state index is -0.403. The van der Waals surface area contributed by atoms with Gasteiger partial charge in [0.25, 0.3) is 0 Å². The van der Waals surface area contributed by atoms with Crippen LogP contribution in [0.25, 0.3) is 0 Å². The zero-order chi connectivity index (χ0) is 15.8. The molecule has 1 saturated heterocycles. The Morgan fingerprint density at radius 1 is 1.14 bits per heavy atom. The van der Waals surface area contributed by atoms with Gasteiger partial charge >= 0.3 is 11.9 Å². The molecule has 1 aliphatic rings. The van der Waals surface area contributed by atoms with Crippen molar-refractivity contribution in [1.29, 1.82) is 0 Å². The first-order valence-electron chi connectivity index (χ1n) is 7.17. The van der Waals surface area contributed by atoms with E-state index in [0.717, 1.165) is 17.9 Å². The zero-order valence-electron chi connectivity index (χ0n) is 13.0. The number of hydrogen-bond acceptors (Lipinski definition) is 7. The lowest BCUT2D eigenvalue weighted by Gasteiger charge is -2.40. The summed E-state index contributed by atoms with van der Waals surface area (Å²) in [5.74, 6) is 1.20. The molecule has 0 aromatic heterocycles. The predicted molar refractivity (Wildman–Crippen MR) is 85.5 cm³/mol. The van der Waals surface area contributed by atoms with Crippen molar-refractivity contribution in [3.05, 3.63) is 0 Å². The van der Waals surface area contributed by atoms with Gasteiger partial charge in [-0.3, -0.25) is 9.59 Å². The van der Waals surface area contributed by atoms with Crippen molar-refractivity contribution in [1.82, 2.24) is 0 Å². The standard InChI is InChI=1S/C14H24O5S2/c1-5-20-12-7-13(21-6-2)19-11(8-17-9(3)15)14(12)18-10(4)16/h11-14H,5-8H2,1-4H3/t11-,12-,13-,14-/m1/s1. The molecule has 0 bridgehead atoms. The number of carbonyl (C=O) groups excluding carboxylic acids is 2. The Morgan fingerprint density at radius 3 is 2.33 bits per heavy atom. The molecule has 4 atom stereocenters. The molecule has 21 heavy (non-hydrogen) atoms. The van der Waals surface area contributed by atoms with Crippen molar-refractivity contribution in [3.8, 4) is 0 Å². The topological polar surface area (TPSA) is 61.8 Å². The molecule has 1 fully saturated rings. The first kappa shape index (κ1) is 18.6. The lowest BCUT2D eigenvalue weighted by atomic mass is 10.1. The molecule has 0 radical (unpaired) electrons. The van der Waals surface area contributed by atoms with Gasteiger partial charge in [-0.25, -0.2) is 0 Å². The third-order valence-corrected chi connectivity index (χ3v) is 5.20. The SMILES string of the molecule is CCS[C@@H]1C[C@@H](SCC)[C@H](OC(C)=O)[C@@H](COC(C)=O)O1. The largest absolute Gasteiger partial charge is 0.463 e. The second-order valence-electron chi connectivity index (χ2n) is 4.67. The Hall–Kier alpha value is -0.400. The second-order valence-corrected chi connectivity index (χ2v) is 7.62. The predicted octanol–water partition coefficient (Wildman–Crippen LogP) is 2.47. The fourth-order valence-corrected chi connectivity index (χ4v) is 4.46. The number of hydrogen-bond donors (Lipinski definition) is 0. The molecular formula is C14H24O5S2. The molecule has 0 aliphatic carbocycles. The molecule has 0 unspecified atom stereocenters. The molecule has 1 heterocycles. The van der Waals surface area contributed by atoms with E-state index in [0.29, 0.717) is 0 Å². The molecule has 5 nitrogen and oxygen atoms in total. The Kier molecular flexibility index (Phi) is 8.51. The summed E-state index contributed by atoms with van der Waals surface area (Å²) in [5.41, 5.74) is 0.0476. The fraction of sp³-hybridized carbons (Fsp3) is 0.857. The van der Waals surface area contributed by atoms with Crippen LogP contribution >= 0.6 is 23.5 Å². The molecule has 1 aliphatic heterocycles. The van der Waals surface area contributed by atoms with Gasteiger partial charge in [-0.15, -0.1) is 11.8 Å². The summed E-state index contributed by atoms with van der Waals surface area (Å²) in [6, 6.07) is 0. The Bertz CT molecular complexity index is 350. The lowest BCUT2D eigenvalue weighted by molar-refractivity contribution is -0.171. The number of esters is 2. The van der Waals surface area contributed by atoms with Crippen molar-refractivity contribution >= 4 is 35.5 Å². The fourth-order valence-electron chi connectivity index (χ4n) is 2.24. The van der Waals surface area contributed by atoms with Gasteiger partial charge in [-0.2, -0.15) is 11.8 Å². The van der Waals surface area contributed by atoms with E-state index in [9.17, 15) is 9.59 Å². The smallest absolute Gasteiger partial charge is 0.303 e. The van der Waals surface area contributed by atoms with Gasteiger partial charge in [-0.05, 0) is 17.9 Å². The van der Waals surface area contributed by atoms with Crippen LogP contribution in [-0.2, 0) is 23.8 Å². The van der Waals surface area contributed by atoms with E-state index < -0.39 is 6.10 Å². The number of thioether (sulfide) groups is 2. The number of ether oxygens (including phenoxy) is 3. The molecular weight excluding hydrogens is 312 g/mol. The molecule has 0 N–H and O–H groups in total. The molecule has 0 amide bonds.